The summed E-state index contributed by atoms with van der Waals surface area (Å²) in [6.45, 7) is 7.34. The Morgan fingerprint density at radius 2 is 2.12 bits per heavy atom. The van der Waals surface area contributed by atoms with Crippen molar-refractivity contribution < 1.29 is 9.53 Å². The van der Waals surface area contributed by atoms with Crippen LogP contribution in [0.25, 0.3) is 10.9 Å². The summed E-state index contributed by atoms with van der Waals surface area (Å²) < 4.78 is 5.54. The fourth-order valence-corrected chi connectivity index (χ4v) is 2.83. The standard InChI is InChI=1S/C19H21ClN2O2/c1-12-15(11-13-7-5-9-16(20)17(13)22-12)14(8-6-10-21)18(23)24-19(2,3)4/h5,7,9,11,14H,6,8H2,1-4H3. The van der Waals surface area contributed by atoms with E-state index in [9.17, 15) is 4.79 Å². The lowest BCUT2D eigenvalue weighted by atomic mass is 9.92. The van der Waals surface area contributed by atoms with E-state index in [1.54, 1.807) is 6.07 Å². The Morgan fingerprint density at radius 3 is 2.75 bits per heavy atom. The van der Waals surface area contributed by atoms with Gasteiger partial charge in [-0.3, -0.25) is 9.78 Å². The fourth-order valence-electron chi connectivity index (χ4n) is 2.61. The first-order valence-electron chi connectivity index (χ1n) is 7.88. The van der Waals surface area contributed by atoms with Crippen molar-refractivity contribution in [2.75, 3.05) is 0 Å². The van der Waals surface area contributed by atoms with Crippen molar-refractivity contribution in [3.63, 3.8) is 0 Å². The fraction of sp³-hybridized carbons (Fsp3) is 0.421. The van der Waals surface area contributed by atoms with Crippen LogP contribution in [0.2, 0.25) is 5.02 Å². The zero-order valence-electron chi connectivity index (χ0n) is 14.4. The molecule has 4 nitrogen and oxygen atoms in total. The average molecular weight is 345 g/mol. The number of halogens is 1. The maximum Gasteiger partial charge on any atom is 0.314 e. The summed E-state index contributed by atoms with van der Waals surface area (Å²) in [5, 5.41) is 10.4. The lowest BCUT2D eigenvalue weighted by Gasteiger charge is -2.24. The Bertz CT molecular complexity index is 803. The highest BCUT2D eigenvalue weighted by Gasteiger charge is 2.28. The third-order valence-electron chi connectivity index (χ3n) is 3.64. The Morgan fingerprint density at radius 1 is 1.42 bits per heavy atom. The van der Waals surface area contributed by atoms with Gasteiger partial charge >= 0.3 is 5.97 Å². The molecule has 0 saturated carbocycles. The molecule has 0 amide bonds. The van der Waals surface area contributed by atoms with Gasteiger partial charge in [-0.1, -0.05) is 23.7 Å². The van der Waals surface area contributed by atoms with Gasteiger partial charge in [0.1, 0.15) is 5.60 Å². The number of carbonyl (C=O) groups excluding carboxylic acids is 1. The van der Waals surface area contributed by atoms with E-state index in [0.717, 1.165) is 16.6 Å². The minimum atomic E-state index is -0.580. The number of hydrogen-bond donors (Lipinski definition) is 0. The largest absolute Gasteiger partial charge is 0.459 e. The van der Waals surface area contributed by atoms with Gasteiger partial charge in [0.05, 0.1) is 22.5 Å². The monoisotopic (exact) mass is 344 g/mol. The number of nitrogens with zero attached hydrogens (tertiary/aromatic N) is 2. The summed E-state index contributed by atoms with van der Waals surface area (Å²) in [4.78, 5) is 17.2. The summed E-state index contributed by atoms with van der Waals surface area (Å²) in [7, 11) is 0. The minimum absolute atomic E-state index is 0.275. The SMILES string of the molecule is Cc1nc2c(Cl)cccc2cc1C(CCC#N)C(=O)OC(C)(C)C. The van der Waals surface area contributed by atoms with Crippen molar-refractivity contribution in [2.45, 2.75) is 52.1 Å². The van der Waals surface area contributed by atoms with Gasteiger partial charge in [-0.2, -0.15) is 5.26 Å². The van der Waals surface area contributed by atoms with Crippen LogP contribution in [0.5, 0.6) is 0 Å². The van der Waals surface area contributed by atoms with Crippen molar-refractivity contribution in [3.8, 4) is 6.07 Å². The predicted octanol–water partition coefficient (Wildman–Crippen LogP) is 4.93. The number of hydrogen-bond acceptors (Lipinski definition) is 4. The minimum Gasteiger partial charge on any atom is -0.459 e. The lowest BCUT2D eigenvalue weighted by Crippen LogP contribution is -2.28. The Labute approximate surface area is 147 Å². The van der Waals surface area contributed by atoms with E-state index in [4.69, 9.17) is 21.6 Å². The predicted molar refractivity (Wildman–Crippen MR) is 94.9 cm³/mol. The van der Waals surface area contributed by atoms with Crippen LogP contribution in [-0.2, 0) is 9.53 Å². The summed E-state index contributed by atoms with van der Waals surface area (Å²) in [5.41, 5.74) is 1.64. The molecule has 1 aromatic heterocycles. The number of aromatic nitrogens is 1. The number of pyridine rings is 1. The van der Waals surface area contributed by atoms with Crippen LogP contribution < -0.4 is 0 Å². The topological polar surface area (TPSA) is 63.0 Å². The molecule has 1 heterocycles. The third-order valence-corrected chi connectivity index (χ3v) is 3.94. The molecule has 126 valence electrons. The molecule has 0 aliphatic heterocycles. The number of benzene rings is 1. The van der Waals surface area contributed by atoms with Crippen LogP contribution in [0.1, 0.15) is 50.8 Å². The Balaban J connectivity index is 2.49. The van der Waals surface area contributed by atoms with Crippen molar-refractivity contribution in [2.24, 2.45) is 0 Å². The summed E-state index contributed by atoms with van der Waals surface area (Å²) in [6, 6.07) is 9.58. The molecule has 24 heavy (non-hydrogen) atoms. The number of para-hydroxylation sites is 1. The number of esters is 1. The van der Waals surface area contributed by atoms with Crippen LogP contribution in [-0.4, -0.2) is 16.6 Å². The summed E-state index contributed by atoms with van der Waals surface area (Å²) in [6.07, 6.45) is 0.678. The Hall–Kier alpha value is -2.12. The maximum atomic E-state index is 12.6. The smallest absolute Gasteiger partial charge is 0.314 e. The van der Waals surface area contributed by atoms with Gasteiger partial charge in [0.2, 0.25) is 0 Å². The molecule has 0 fully saturated rings. The van der Waals surface area contributed by atoms with E-state index >= 15 is 0 Å². The second-order valence-electron chi connectivity index (χ2n) is 6.76. The van der Waals surface area contributed by atoms with Gasteiger partial charge in [0.15, 0.2) is 0 Å². The summed E-state index contributed by atoms with van der Waals surface area (Å²) >= 11 is 6.20. The van der Waals surface area contributed by atoms with E-state index in [2.05, 4.69) is 11.1 Å². The molecule has 1 unspecified atom stereocenters. The van der Waals surface area contributed by atoms with Crippen molar-refractivity contribution in [3.05, 3.63) is 40.5 Å². The number of nitriles is 1. The van der Waals surface area contributed by atoms with Gasteiger partial charge in [0.25, 0.3) is 0 Å². The van der Waals surface area contributed by atoms with Crippen molar-refractivity contribution in [1.29, 1.82) is 5.26 Å². The van der Waals surface area contributed by atoms with Crippen LogP contribution >= 0.6 is 11.6 Å². The molecule has 0 aliphatic rings. The molecule has 2 aromatic rings. The number of fused-ring (bicyclic) bond motifs is 1. The van der Waals surface area contributed by atoms with E-state index in [-0.39, 0.29) is 12.4 Å². The number of ether oxygens (including phenoxy) is 1. The summed E-state index contributed by atoms with van der Waals surface area (Å²) in [5.74, 6) is -0.844. The van der Waals surface area contributed by atoms with Gasteiger partial charge in [-0.25, -0.2) is 0 Å². The highest BCUT2D eigenvalue weighted by Crippen LogP contribution is 2.31. The van der Waals surface area contributed by atoms with Crippen LogP contribution in [0.15, 0.2) is 24.3 Å². The molecule has 5 heteroatoms. The van der Waals surface area contributed by atoms with E-state index < -0.39 is 11.5 Å². The number of aryl methyl sites for hydroxylation is 1. The van der Waals surface area contributed by atoms with Crippen LogP contribution in [0, 0.1) is 18.3 Å². The molecule has 2 rings (SSSR count). The molecule has 0 saturated heterocycles. The normalized spacial score (nSPS) is 12.7. The molecule has 0 bridgehead atoms. The van der Waals surface area contributed by atoms with E-state index in [0.29, 0.717) is 17.0 Å². The zero-order valence-corrected chi connectivity index (χ0v) is 15.1. The van der Waals surface area contributed by atoms with Crippen LogP contribution in [0.4, 0.5) is 0 Å². The van der Waals surface area contributed by atoms with Crippen molar-refractivity contribution >= 4 is 28.5 Å². The molecule has 1 atom stereocenters. The van der Waals surface area contributed by atoms with Crippen LogP contribution in [0.3, 0.4) is 0 Å². The molecule has 0 N–H and O–H groups in total. The highest BCUT2D eigenvalue weighted by atomic mass is 35.5. The van der Waals surface area contributed by atoms with Gasteiger partial charge in [0, 0.05) is 17.5 Å². The second kappa shape index (κ2) is 7.19. The van der Waals surface area contributed by atoms with Crippen molar-refractivity contribution in [1.82, 2.24) is 4.98 Å². The zero-order chi connectivity index (χ0) is 17.9. The maximum absolute atomic E-state index is 12.6. The molecule has 1 aromatic carbocycles. The van der Waals surface area contributed by atoms with E-state index in [1.165, 1.54) is 0 Å². The van der Waals surface area contributed by atoms with Gasteiger partial charge in [-0.05, 0) is 51.8 Å². The third kappa shape index (κ3) is 4.24. The van der Waals surface area contributed by atoms with E-state index in [1.807, 2.05) is 45.9 Å². The second-order valence-corrected chi connectivity index (χ2v) is 7.16. The quantitative estimate of drug-likeness (QED) is 0.738. The molecule has 0 radical (unpaired) electrons. The first kappa shape index (κ1) is 18.2. The highest BCUT2D eigenvalue weighted by molar-refractivity contribution is 6.35. The Kier molecular flexibility index (Phi) is 5.46. The first-order valence-corrected chi connectivity index (χ1v) is 8.26. The van der Waals surface area contributed by atoms with Gasteiger partial charge < -0.3 is 4.74 Å². The molecule has 0 aliphatic carbocycles. The first-order chi connectivity index (χ1) is 11.2. The average Bonchev–Trinajstić information content (AvgIpc) is 2.47. The molecular weight excluding hydrogens is 324 g/mol. The molecule has 0 spiro atoms. The lowest BCUT2D eigenvalue weighted by molar-refractivity contribution is -0.156. The molecular formula is C19H21ClN2O2. The number of carbonyl (C=O) groups is 1. The number of rotatable bonds is 4. The van der Waals surface area contributed by atoms with Gasteiger partial charge in [-0.15, -0.1) is 0 Å².